The molecule has 4 N–H and O–H groups in total. The molecule has 19 heavy (non-hydrogen) atoms. The van der Waals surface area contributed by atoms with Crippen LogP contribution >= 0.6 is 11.3 Å². The molecule has 102 valence electrons. The van der Waals surface area contributed by atoms with Crippen molar-refractivity contribution < 1.29 is 14.3 Å². The summed E-state index contributed by atoms with van der Waals surface area (Å²) < 4.78 is 14.3. The van der Waals surface area contributed by atoms with Crippen molar-refractivity contribution in [3.8, 4) is 0 Å². The number of hydrogen-bond acceptors (Lipinski definition) is 4. The molecule has 0 bridgehead atoms. The predicted molar refractivity (Wildman–Crippen MR) is 74.8 cm³/mol. The second kappa shape index (κ2) is 5.54. The van der Waals surface area contributed by atoms with Crippen LogP contribution < -0.4 is 11.1 Å². The number of amides is 1. The van der Waals surface area contributed by atoms with Crippen molar-refractivity contribution in [3.63, 3.8) is 0 Å². The lowest BCUT2D eigenvalue weighted by Gasteiger charge is -2.05. The van der Waals surface area contributed by atoms with Crippen molar-refractivity contribution in [2.45, 2.75) is 19.4 Å². The third-order valence-corrected chi connectivity index (χ3v) is 3.92. The van der Waals surface area contributed by atoms with E-state index < -0.39 is 11.9 Å². The van der Waals surface area contributed by atoms with Crippen LogP contribution in [-0.2, 0) is 0 Å². The second-order valence-corrected chi connectivity index (χ2v) is 5.40. The zero-order valence-electron chi connectivity index (χ0n) is 10.4. The Bertz CT molecular complexity index is 610. The zero-order chi connectivity index (χ0) is 14.0. The van der Waals surface area contributed by atoms with E-state index in [1.54, 1.807) is 19.1 Å². The average Bonchev–Trinajstić information content (AvgIpc) is 2.67. The summed E-state index contributed by atoms with van der Waals surface area (Å²) in [6.07, 6.45) is -0.0113. The van der Waals surface area contributed by atoms with Crippen LogP contribution in [0.1, 0.15) is 23.0 Å². The normalized spacial score (nSPS) is 12.6. The summed E-state index contributed by atoms with van der Waals surface area (Å²) in [5, 5.41) is 12.1. The molecule has 0 radical (unpaired) electrons. The molecule has 1 aromatic heterocycles. The maximum absolute atomic E-state index is 13.6. The lowest BCUT2D eigenvalue weighted by atomic mass is 10.2. The van der Waals surface area contributed by atoms with Crippen molar-refractivity contribution in [1.29, 1.82) is 0 Å². The number of hydrogen-bond donors (Lipinski definition) is 3. The van der Waals surface area contributed by atoms with Crippen molar-refractivity contribution in [1.82, 2.24) is 5.32 Å². The van der Waals surface area contributed by atoms with Gasteiger partial charge in [0.15, 0.2) is 0 Å². The first-order valence-corrected chi connectivity index (χ1v) is 6.75. The first-order chi connectivity index (χ1) is 9.00. The fourth-order valence-electron chi connectivity index (χ4n) is 1.77. The largest absolute Gasteiger partial charge is 0.397 e. The fourth-order valence-corrected chi connectivity index (χ4v) is 2.83. The van der Waals surface area contributed by atoms with Crippen LogP contribution in [0.15, 0.2) is 18.2 Å². The maximum Gasteiger partial charge on any atom is 0.263 e. The lowest BCUT2D eigenvalue weighted by molar-refractivity contribution is 0.0950. The fraction of sp³-hybridized carbons (Fsp3) is 0.308. The Balaban J connectivity index is 2.23. The van der Waals surface area contributed by atoms with Crippen LogP contribution in [0.3, 0.4) is 0 Å². The van der Waals surface area contributed by atoms with E-state index in [4.69, 9.17) is 10.8 Å². The van der Waals surface area contributed by atoms with Gasteiger partial charge in [-0.15, -0.1) is 11.3 Å². The van der Waals surface area contributed by atoms with Crippen molar-refractivity contribution in [2.75, 3.05) is 12.3 Å². The molecule has 6 heteroatoms. The summed E-state index contributed by atoms with van der Waals surface area (Å²) in [7, 11) is 0. The van der Waals surface area contributed by atoms with Crippen LogP contribution in [0.5, 0.6) is 0 Å². The molecule has 0 spiro atoms. The number of halogens is 1. The first-order valence-electron chi connectivity index (χ1n) is 5.93. The van der Waals surface area contributed by atoms with E-state index in [0.29, 0.717) is 27.9 Å². The molecule has 0 aliphatic heterocycles. The SMILES string of the molecule is CC(O)CCNC(=O)c1sc2cccc(F)c2c1N. The van der Waals surface area contributed by atoms with Crippen LogP contribution in [0, 0.1) is 5.82 Å². The van der Waals surface area contributed by atoms with Gasteiger partial charge in [0.2, 0.25) is 0 Å². The molecular formula is C13H15FN2O2S. The highest BCUT2D eigenvalue weighted by Crippen LogP contribution is 2.35. The number of nitrogens with one attached hydrogen (secondary N) is 1. The van der Waals surface area contributed by atoms with E-state index in [1.807, 2.05) is 0 Å². The van der Waals surface area contributed by atoms with Gasteiger partial charge in [0.05, 0.1) is 17.2 Å². The maximum atomic E-state index is 13.6. The van der Waals surface area contributed by atoms with E-state index in [1.165, 1.54) is 17.4 Å². The number of thiophene rings is 1. The van der Waals surface area contributed by atoms with E-state index >= 15 is 0 Å². The summed E-state index contributed by atoms with van der Waals surface area (Å²) >= 11 is 1.17. The van der Waals surface area contributed by atoms with Gasteiger partial charge < -0.3 is 16.2 Å². The van der Waals surface area contributed by atoms with Gasteiger partial charge in [0.1, 0.15) is 10.7 Å². The summed E-state index contributed by atoms with van der Waals surface area (Å²) in [4.78, 5) is 12.3. The van der Waals surface area contributed by atoms with Crippen LogP contribution in [0.25, 0.3) is 10.1 Å². The van der Waals surface area contributed by atoms with E-state index in [-0.39, 0.29) is 11.6 Å². The number of anilines is 1. The third-order valence-electron chi connectivity index (χ3n) is 2.76. The van der Waals surface area contributed by atoms with E-state index in [2.05, 4.69) is 5.32 Å². The second-order valence-electron chi connectivity index (χ2n) is 4.35. The van der Waals surface area contributed by atoms with Crippen molar-refractivity contribution in [2.24, 2.45) is 0 Å². The van der Waals surface area contributed by atoms with Crippen molar-refractivity contribution in [3.05, 3.63) is 28.9 Å². The summed E-state index contributed by atoms with van der Waals surface area (Å²) in [5.74, 6) is -0.756. The molecular weight excluding hydrogens is 267 g/mol. The van der Waals surface area contributed by atoms with Gasteiger partial charge in [-0.3, -0.25) is 4.79 Å². The number of carbonyl (C=O) groups is 1. The summed E-state index contributed by atoms with van der Waals surface area (Å²) in [6.45, 7) is 2.00. The van der Waals surface area contributed by atoms with Crippen molar-refractivity contribution >= 4 is 33.0 Å². The quantitative estimate of drug-likeness (QED) is 0.804. The van der Waals surface area contributed by atoms with Gasteiger partial charge in [-0.05, 0) is 25.5 Å². The number of fused-ring (bicyclic) bond motifs is 1. The molecule has 1 heterocycles. The van der Waals surface area contributed by atoms with Crippen LogP contribution in [-0.4, -0.2) is 23.7 Å². The molecule has 0 saturated carbocycles. The number of nitrogen functional groups attached to an aromatic ring is 1. The number of aliphatic hydroxyl groups is 1. The van der Waals surface area contributed by atoms with E-state index in [0.717, 1.165) is 0 Å². The first kappa shape index (κ1) is 13.8. The molecule has 1 unspecified atom stereocenters. The number of carbonyl (C=O) groups excluding carboxylic acids is 1. The Morgan fingerprint density at radius 1 is 1.58 bits per heavy atom. The molecule has 0 aliphatic carbocycles. The average molecular weight is 282 g/mol. The minimum atomic E-state index is -0.475. The summed E-state index contributed by atoms with van der Waals surface area (Å²) in [5.41, 5.74) is 6.01. The minimum Gasteiger partial charge on any atom is -0.397 e. The Labute approximate surface area is 114 Å². The molecule has 1 amide bonds. The number of nitrogens with two attached hydrogens (primary N) is 1. The molecule has 4 nitrogen and oxygen atoms in total. The standard InChI is InChI=1S/C13H15FN2O2S/c1-7(17)5-6-16-13(18)12-11(15)10-8(14)3-2-4-9(10)19-12/h2-4,7,17H,5-6,15H2,1H3,(H,16,18). The van der Waals surface area contributed by atoms with Gasteiger partial charge in [0, 0.05) is 11.2 Å². The Kier molecular flexibility index (Phi) is 4.01. The molecule has 0 aliphatic rings. The number of rotatable bonds is 4. The molecule has 0 saturated heterocycles. The van der Waals surface area contributed by atoms with Crippen LogP contribution in [0.2, 0.25) is 0 Å². The Morgan fingerprint density at radius 3 is 2.95 bits per heavy atom. The highest BCUT2D eigenvalue weighted by atomic mass is 32.1. The Hall–Kier alpha value is -1.66. The molecule has 2 rings (SSSR count). The van der Waals surface area contributed by atoms with Crippen LogP contribution in [0.4, 0.5) is 10.1 Å². The monoisotopic (exact) mass is 282 g/mol. The molecule has 0 fully saturated rings. The molecule has 2 aromatic rings. The topological polar surface area (TPSA) is 75.3 Å². The van der Waals surface area contributed by atoms with Gasteiger partial charge in [-0.25, -0.2) is 4.39 Å². The molecule has 1 atom stereocenters. The number of aliphatic hydroxyl groups excluding tert-OH is 1. The Morgan fingerprint density at radius 2 is 2.32 bits per heavy atom. The minimum absolute atomic E-state index is 0.174. The predicted octanol–water partition coefficient (Wildman–Crippen LogP) is 2.12. The summed E-state index contributed by atoms with van der Waals surface area (Å²) in [6, 6.07) is 4.63. The zero-order valence-corrected chi connectivity index (χ0v) is 11.3. The highest BCUT2D eigenvalue weighted by molar-refractivity contribution is 7.21. The van der Waals surface area contributed by atoms with Gasteiger partial charge in [-0.1, -0.05) is 6.07 Å². The van der Waals surface area contributed by atoms with Gasteiger partial charge in [0.25, 0.3) is 5.91 Å². The smallest absolute Gasteiger partial charge is 0.263 e. The van der Waals surface area contributed by atoms with Gasteiger partial charge >= 0.3 is 0 Å². The lowest BCUT2D eigenvalue weighted by Crippen LogP contribution is -2.26. The highest BCUT2D eigenvalue weighted by Gasteiger charge is 2.18. The van der Waals surface area contributed by atoms with E-state index in [9.17, 15) is 9.18 Å². The number of benzene rings is 1. The third kappa shape index (κ3) is 2.85. The molecule has 1 aromatic carbocycles. The van der Waals surface area contributed by atoms with Gasteiger partial charge in [-0.2, -0.15) is 0 Å².